The summed E-state index contributed by atoms with van der Waals surface area (Å²) in [5.74, 6) is 0.0482. The summed E-state index contributed by atoms with van der Waals surface area (Å²) in [6.07, 6.45) is 0.902. The van der Waals surface area contributed by atoms with Crippen LogP contribution in [-0.4, -0.2) is 31.1 Å². The maximum absolute atomic E-state index is 11.3. The Bertz CT molecular complexity index is 148. The van der Waals surface area contributed by atoms with Gasteiger partial charge in [-0.15, -0.1) is 0 Å². The van der Waals surface area contributed by atoms with Crippen LogP contribution in [-0.2, 0) is 4.79 Å². The van der Waals surface area contributed by atoms with E-state index in [1.807, 2.05) is 20.8 Å². The third kappa shape index (κ3) is 6.54. The first kappa shape index (κ1) is 12.4. The van der Waals surface area contributed by atoms with Gasteiger partial charge in [0, 0.05) is 6.04 Å². The van der Waals surface area contributed by atoms with Gasteiger partial charge in [0.2, 0.25) is 5.91 Å². The fourth-order valence-corrected chi connectivity index (χ4v) is 0.923. The monoisotopic (exact) mass is 187 g/mol. The second kappa shape index (κ2) is 6.86. The van der Waals surface area contributed by atoms with Gasteiger partial charge in [-0.3, -0.25) is 4.79 Å². The molecule has 0 heterocycles. The Balaban J connectivity index is 3.57. The molecular weight excluding hydrogens is 166 g/mol. The van der Waals surface area contributed by atoms with Crippen LogP contribution in [0.1, 0.15) is 27.2 Å². The Labute approximate surface area is 80.3 Å². The number of carbonyl (C=O) groups excluding carboxylic acids is 1. The zero-order valence-corrected chi connectivity index (χ0v) is 8.76. The highest BCUT2D eigenvalue weighted by molar-refractivity contribution is 5.81. The average Bonchev–Trinajstić information content (AvgIpc) is 2.03. The number of hydrogen-bond acceptors (Lipinski definition) is 3. The highest BCUT2D eigenvalue weighted by Gasteiger charge is 2.11. The molecule has 13 heavy (non-hydrogen) atoms. The Hall–Kier alpha value is -0.610. The summed E-state index contributed by atoms with van der Waals surface area (Å²) in [4.78, 5) is 11.3. The Morgan fingerprint density at radius 3 is 2.46 bits per heavy atom. The van der Waals surface area contributed by atoms with E-state index in [0.717, 1.165) is 13.0 Å². The van der Waals surface area contributed by atoms with Crippen LogP contribution < -0.4 is 16.4 Å². The molecule has 4 N–H and O–H groups in total. The van der Waals surface area contributed by atoms with Gasteiger partial charge in [0.25, 0.3) is 0 Å². The van der Waals surface area contributed by atoms with Crippen molar-refractivity contribution < 1.29 is 4.79 Å². The number of nitrogens with one attached hydrogen (secondary N) is 2. The molecule has 1 unspecified atom stereocenters. The van der Waals surface area contributed by atoms with Gasteiger partial charge in [-0.25, -0.2) is 0 Å². The fraction of sp³-hybridized carbons (Fsp3) is 0.889. The molecule has 0 radical (unpaired) electrons. The summed E-state index contributed by atoms with van der Waals surface area (Å²) in [7, 11) is 0. The van der Waals surface area contributed by atoms with Crippen molar-refractivity contribution in [2.45, 2.75) is 39.3 Å². The summed E-state index contributed by atoms with van der Waals surface area (Å²) >= 11 is 0. The van der Waals surface area contributed by atoms with Gasteiger partial charge < -0.3 is 16.4 Å². The van der Waals surface area contributed by atoms with Crippen molar-refractivity contribution >= 4 is 5.91 Å². The topological polar surface area (TPSA) is 67.2 Å². The summed E-state index contributed by atoms with van der Waals surface area (Å²) in [6, 6.07) is 0.0696. The zero-order valence-electron chi connectivity index (χ0n) is 8.76. The van der Waals surface area contributed by atoms with Crippen LogP contribution in [0, 0.1) is 0 Å². The van der Waals surface area contributed by atoms with Crippen molar-refractivity contribution in [1.29, 1.82) is 0 Å². The first-order valence-electron chi connectivity index (χ1n) is 4.81. The Morgan fingerprint density at radius 2 is 2.00 bits per heavy atom. The van der Waals surface area contributed by atoms with E-state index < -0.39 is 0 Å². The minimum Gasteiger partial charge on any atom is -0.353 e. The maximum atomic E-state index is 11.3. The van der Waals surface area contributed by atoms with Crippen LogP contribution in [0.15, 0.2) is 0 Å². The van der Waals surface area contributed by atoms with E-state index in [1.165, 1.54) is 0 Å². The molecule has 4 heteroatoms. The largest absolute Gasteiger partial charge is 0.353 e. The van der Waals surface area contributed by atoms with Crippen molar-refractivity contribution in [2.75, 3.05) is 13.1 Å². The van der Waals surface area contributed by atoms with Crippen molar-refractivity contribution in [3.63, 3.8) is 0 Å². The third-order valence-corrected chi connectivity index (χ3v) is 1.66. The normalized spacial score (nSPS) is 13.0. The van der Waals surface area contributed by atoms with Crippen LogP contribution in [0.3, 0.4) is 0 Å². The van der Waals surface area contributed by atoms with Crippen LogP contribution in [0.2, 0.25) is 0 Å². The van der Waals surface area contributed by atoms with E-state index in [1.54, 1.807) is 0 Å². The Kier molecular flexibility index (Phi) is 6.54. The van der Waals surface area contributed by atoms with Gasteiger partial charge in [0.05, 0.1) is 6.04 Å². The van der Waals surface area contributed by atoms with E-state index in [9.17, 15) is 4.79 Å². The molecule has 0 aromatic rings. The maximum Gasteiger partial charge on any atom is 0.237 e. The molecule has 0 spiro atoms. The van der Waals surface area contributed by atoms with Crippen molar-refractivity contribution in [3.05, 3.63) is 0 Å². The SMILES string of the molecule is CC(C)NC(=O)C(C)NCCCN. The standard InChI is InChI=1S/C9H21N3O/c1-7(2)12-9(13)8(3)11-6-4-5-10/h7-8,11H,4-6,10H2,1-3H3,(H,12,13). The highest BCUT2D eigenvalue weighted by atomic mass is 16.2. The molecule has 0 aliphatic rings. The molecule has 0 saturated carbocycles. The van der Waals surface area contributed by atoms with Gasteiger partial charge in [-0.1, -0.05) is 0 Å². The highest BCUT2D eigenvalue weighted by Crippen LogP contribution is 1.85. The van der Waals surface area contributed by atoms with Crippen LogP contribution in [0.25, 0.3) is 0 Å². The molecule has 78 valence electrons. The van der Waals surface area contributed by atoms with E-state index >= 15 is 0 Å². The zero-order chi connectivity index (χ0) is 10.3. The van der Waals surface area contributed by atoms with Gasteiger partial charge in [-0.2, -0.15) is 0 Å². The second-order valence-electron chi connectivity index (χ2n) is 3.48. The number of carbonyl (C=O) groups is 1. The lowest BCUT2D eigenvalue weighted by atomic mass is 10.2. The van der Waals surface area contributed by atoms with E-state index in [2.05, 4.69) is 10.6 Å². The predicted octanol–water partition coefficient (Wildman–Crippen LogP) is -0.162. The molecule has 4 nitrogen and oxygen atoms in total. The van der Waals surface area contributed by atoms with Gasteiger partial charge >= 0.3 is 0 Å². The second-order valence-corrected chi connectivity index (χ2v) is 3.48. The van der Waals surface area contributed by atoms with E-state index in [0.29, 0.717) is 6.54 Å². The summed E-state index contributed by atoms with van der Waals surface area (Å²) in [5.41, 5.74) is 5.33. The van der Waals surface area contributed by atoms with Gasteiger partial charge in [0.15, 0.2) is 0 Å². The summed E-state index contributed by atoms with van der Waals surface area (Å²) in [6.45, 7) is 7.21. The molecule has 0 aliphatic heterocycles. The lowest BCUT2D eigenvalue weighted by Crippen LogP contribution is -2.45. The average molecular weight is 187 g/mol. The first-order chi connectivity index (χ1) is 6.07. The molecule has 0 aromatic heterocycles. The van der Waals surface area contributed by atoms with Crippen LogP contribution >= 0.6 is 0 Å². The molecule has 0 saturated heterocycles. The summed E-state index contributed by atoms with van der Waals surface area (Å²) in [5, 5.41) is 5.93. The minimum atomic E-state index is -0.131. The van der Waals surface area contributed by atoms with Crippen molar-refractivity contribution in [2.24, 2.45) is 5.73 Å². The van der Waals surface area contributed by atoms with Crippen LogP contribution in [0.4, 0.5) is 0 Å². The fourth-order valence-electron chi connectivity index (χ4n) is 0.923. The lowest BCUT2D eigenvalue weighted by Gasteiger charge is -2.15. The smallest absolute Gasteiger partial charge is 0.237 e. The molecule has 0 bridgehead atoms. The number of amides is 1. The van der Waals surface area contributed by atoms with E-state index in [4.69, 9.17) is 5.73 Å². The van der Waals surface area contributed by atoms with Crippen LogP contribution in [0.5, 0.6) is 0 Å². The first-order valence-corrected chi connectivity index (χ1v) is 4.81. The number of nitrogens with two attached hydrogens (primary N) is 1. The minimum absolute atomic E-state index is 0.0482. The molecule has 1 atom stereocenters. The van der Waals surface area contributed by atoms with E-state index in [-0.39, 0.29) is 18.0 Å². The third-order valence-electron chi connectivity index (χ3n) is 1.66. The number of rotatable bonds is 6. The van der Waals surface area contributed by atoms with Gasteiger partial charge in [-0.05, 0) is 40.3 Å². The molecule has 1 amide bonds. The van der Waals surface area contributed by atoms with Crippen molar-refractivity contribution in [3.8, 4) is 0 Å². The molecule has 0 aliphatic carbocycles. The van der Waals surface area contributed by atoms with Crippen molar-refractivity contribution in [1.82, 2.24) is 10.6 Å². The lowest BCUT2D eigenvalue weighted by molar-refractivity contribution is -0.123. The molecule has 0 aromatic carbocycles. The molecule has 0 fully saturated rings. The van der Waals surface area contributed by atoms with Gasteiger partial charge in [0.1, 0.15) is 0 Å². The Morgan fingerprint density at radius 1 is 1.38 bits per heavy atom. The quantitative estimate of drug-likeness (QED) is 0.506. The molecular formula is C9H21N3O. The number of hydrogen-bond donors (Lipinski definition) is 3. The predicted molar refractivity (Wildman–Crippen MR) is 54.4 cm³/mol. The summed E-state index contributed by atoms with van der Waals surface area (Å²) < 4.78 is 0. The molecule has 0 rings (SSSR count).